The van der Waals surface area contributed by atoms with Gasteiger partial charge in [-0.15, -0.1) is 0 Å². The van der Waals surface area contributed by atoms with Crippen LogP contribution in [-0.2, 0) is 20.7 Å². The molecule has 21 heavy (non-hydrogen) atoms. The maximum Gasteiger partial charge on any atom is 0.326 e. The van der Waals surface area contributed by atoms with Crippen molar-refractivity contribution in [2.24, 2.45) is 5.92 Å². The van der Waals surface area contributed by atoms with Crippen LogP contribution in [0.25, 0.3) is 0 Å². The number of rotatable bonds is 5. The third-order valence-electron chi connectivity index (χ3n) is 3.35. The van der Waals surface area contributed by atoms with Crippen LogP contribution in [0.4, 0.5) is 0 Å². The lowest BCUT2D eigenvalue weighted by Gasteiger charge is -2.17. The van der Waals surface area contributed by atoms with Gasteiger partial charge >= 0.3 is 5.97 Å². The Hall–Kier alpha value is -1.11. The number of aliphatic carboxylic acids is 1. The van der Waals surface area contributed by atoms with Gasteiger partial charge in [-0.3, -0.25) is 4.79 Å². The standard InChI is InChI=1S/C14H15BrClNO4/c15-11-2-1-10(16)5-9(11)6-12(14(19)20)17-13(18)8-3-4-21-7-8/h1-2,5,8,12H,3-4,6-7H2,(H,17,18)(H,19,20)/t8-,12-/m0/s1. The number of ether oxygens (including phenoxy) is 1. The number of carboxylic acids is 1. The highest BCUT2D eigenvalue weighted by Gasteiger charge is 2.28. The molecular weight excluding hydrogens is 362 g/mol. The fourth-order valence-corrected chi connectivity index (χ4v) is 2.75. The lowest BCUT2D eigenvalue weighted by Crippen LogP contribution is -2.45. The maximum atomic E-state index is 12.0. The first kappa shape index (κ1) is 16.3. The van der Waals surface area contributed by atoms with E-state index in [4.69, 9.17) is 16.3 Å². The number of nitrogens with one attached hydrogen (secondary N) is 1. The molecule has 1 aromatic rings. The molecule has 5 nitrogen and oxygen atoms in total. The van der Waals surface area contributed by atoms with Crippen LogP contribution in [0.5, 0.6) is 0 Å². The Morgan fingerprint density at radius 3 is 2.90 bits per heavy atom. The largest absolute Gasteiger partial charge is 0.480 e. The molecule has 1 fully saturated rings. The van der Waals surface area contributed by atoms with Crippen LogP contribution in [0, 0.1) is 5.92 Å². The summed E-state index contributed by atoms with van der Waals surface area (Å²) in [4.78, 5) is 23.4. The average molecular weight is 377 g/mol. The molecule has 0 spiro atoms. The lowest BCUT2D eigenvalue weighted by atomic mass is 10.0. The quantitative estimate of drug-likeness (QED) is 0.826. The molecule has 0 aromatic heterocycles. The zero-order chi connectivity index (χ0) is 15.4. The summed E-state index contributed by atoms with van der Waals surface area (Å²) >= 11 is 9.27. The zero-order valence-electron chi connectivity index (χ0n) is 11.1. The third-order valence-corrected chi connectivity index (χ3v) is 4.36. The second-order valence-electron chi connectivity index (χ2n) is 4.90. The number of carbonyl (C=O) groups excluding carboxylic acids is 1. The smallest absolute Gasteiger partial charge is 0.326 e. The number of carbonyl (C=O) groups is 2. The van der Waals surface area contributed by atoms with Crippen molar-refractivity contribution in [3.8, 4) is 0 Å². The van der Waals surface area contributed by atoms with Crippen molar-refractivity contribution >= 4 is 39.4 Å². The van der Waals surface area contributed by atoms with E-state index in [1.54, 1.807) is 18.2 Å². The van der Waals surface area contributed by atoms with Crippen molar-refractivity contribution in [2.75, 3.05) is 13.2 Å². The van der Waals surface area contributed by atoms with Gasteiger partial charge in [-0.1, -0.05) is 27.5 Å². The van der Waals surface area contributed by atoms with Crippen LogP contribution in [-0.4, -0.2) is 36.2 Å². The number of hydrogen-bond donors (Lipinski definition) is 2. The van der Waals surface area contributed by atoms with E-state index in [9.17, 15) is 14.7 Å². The molecule has 2 atom stereocenters. The van der Waals surface area contributed by atoms with E-state index in [0.29, 0.717) is 24.7 Å². The van der Waals surface area contributed by atoms with Crippen molar-refractivity contribution in [1.29, 1.82) is 0 Å². The molecule has 1 amide bonds. The molecule has 0 bridgehead atoms. The summed E-state index contributed by atoms with van der Waals surface area (Å²) in [6.07, 6.45) is 0.787. The summed E-state index contributed by atoms with van der Waals surface area (Å²) < 4.78 is 5.90. The lowest BCUT2D eigenvalue weighted by molar-refractivity contribution is -0.142. The first-order valence-electron chi connectivity index (χ1n) is 6.52. The summed E-state index contributed by atoms with van der Waals surface area (Å²) in [7, 11) is 0. The van der Waals surface area contributed by atoms with Crippen LogP contribution in [0.1, 0.15) is 12.0 Å². The average Bonchev–Trinajstić information content (AvgIpc) is 2.96. The fraction of sp³-hybridized carbons (Fsp3) is 0.429. The Kier molecular flexibility index (Phi) is 5.61. The molecule has 1 aliphatic rings. The Morgan fingerprint density at radius 2 is 2.29 bits per heavy atom. The van der Waals surface area contributed by atoms with Gasteiger partial charge in [0.1, 0.15) is 6.04 Å². The van der Waals surface area contributed by atoms with Crippen LogP contribution >= 0.6 is 27.5 Å². The van der Waals surface area contributed by atoms with E-state index in [2.05, 4.69) is 21.2 Å². The second kappa shape index (κ2) is 7.24. The predicted molar refractivity (Wildman–Crippen MR) is 81.3 cm³/mol. The molecule has 2 N–H and O–H groups in total. The minimum Gasteiger partial charge on any atom is -0.480 e. The van der Waals surface area contributed by atoms with Crippen molar-refractivity contribution in [2.45, 2.75) is 18.9 Å². The Morgan fingerprint density at radius 1 is 1.52 bits per heavy atom. The number of benzene rings is 1. The summed E-state index contributed by atoms with van der Waals surface area (Å²) in [6.45, 7) is 0.884. The van der Waals surface area contributed by atoms with E-state index >= 15 is 0 Å². The normalized spacial score (nSPS) is 19.2. The van der Waals surface area contributed by atoms with Crippen LogP contribution in [0.15, 0.2) is 22.7 Å². The molecule has 1 aromatic carbocycles. The summed E-state index contributed by atoms with van der Waals surface area (Å²) in [5.74, 6) is -1.62. The fourth-order valence-electron chi connectivity index (χ4n) is 2.15. The molecule has 1 heterocycles. The summed E-state index contributed by atoms with van der Waals surface area (Å²) in [5.41, 5.74) is 0.734. The van der Waals surface area contributed by atoms with Gasteiger partial charge < -0.3 is 15.2 Å². The van der Waals surface area contributed by atoms with E-state index in [0.717, 1.165) is 10.0 Å². The highest BCUT2D eigenvalue weighted by molar-refractivity contribution is 9.10. The van der Waals surface area contributed by atoms with E-state index < -0.39 is 12.0 Å². The van der Waals surface area contributed by atoms with Gasteiger partial charge in [0.05, 0.1) is 12.5 Å². The van der Waals surface area contributed by atoms with Crippen molar-refractivity contribution < 1.29 is 19.4 Å². The molecule has 0 saturated carbocycles. The highest BCUT2D eigenvalue weighted by Crippen LogP contribution is 2.23. The molecule has 114 valence electrons. The van der Waals surface area contributed by atoms with Gasteiger partial charge in [-0.2, -0.15) is 0 Å². The molecule has 0 radical (unpaired) electrons. The van der Waals surface area contributed by atoms with Gasteiger partial charge in [0.2, 0.25) is 5.91 Å². The zero-order valence-corrected chi connectivity index (χ0v) is 13.5. The Bertz CT molecular complexity index is 546. The minimum atomic E-state index is -1.07. The van der Waals surface area contributed by atoms with E-state index in [1.165, 1.54) is 0 Å². The Labute approximate surface area is 135 Å². The highest BCUT2D eigenvalue weighted by atomic mass is 79.9. The maximum absolute atomic E-state index is 12.0. The first-order chi connectivity index (χ1) is 9.97. The second-order valence-corrected chi connectivity index (χ2v) is 6.19. The minimum absolute atomic E-state index is 0.162. The van der Waals surface area contributed by atoms with Gasteiger partial charge in [0.15, 0.2) is 0 Å². The van der Waals surface area contributed by atoms with Crippen molar-refractivity contribution in [3.63, 3.8) is 0 Å². The molecule has 2 rings (SSSR count). The number of amides is 1. The number of carboxylic acid groups (broad SMARTS) is 1. The molecule has 1 aliphatic heterocycles. The van der Waals surface area contributed by atoms with Gasteiger partial charge in [0, 0.05) is 22.5 Å². The topological polar surface area (TPSA) is 75.6 Å². The van der Waals surface area contributed by atoms with Crippen LogP contribution < -0.4 is 5.32 Å². The van der Waals surface area contributed by atoms with E-state index in [1.807, 2.05) is 0 Å². The van der Waals surface area contributed by atoms with Crippen LogP contribution in [0.3, 0.4) is 0 Å². The number of hydrogen-bond acceptors (Lipinski definition) is 3. The molecular formula is C14H15BrClNO4. The van der Waals surface area contributed by atoms with Crippen molar-refractivity contribution in [3.05, 3.63) is 33.3 Å². The monoisotopic (exact) mass is 375 g/mol. The molecule has 1 saturated heterocycles. The van der Waals surface area contributed by atoms with Crippen LogP contribution in [0.2, 0.25) is 5.02 Å². The van der Waals surface area contributed by atoms with Crippen molar-refractivity contribution in [1.82, 2.24) is 5.32 Å². The van der Waals surface area contributed by atoms with Gasteiger partial charge in [-0.05, 0) is 30.2 Å². The Balaban J connectivity index is 2.06. The molecule has 7 heteroatoms. The third kappa shape index (κ3) is 4.43. The predicted octanol–water partition coefficient (Wildman–Crippen LogP) is 2.25. The van der Waals surface area contributed by atoms with E-state index in [-0.39, 0.29) is 18.2 Å². The SMILES string of the molecule is O=C(N[C@@H](Cc1cc(Cl)ccc1Br)C(=O)O)[C@H]1CCOC1. The molecule has 0 unspecified atom stereocenters. The number of halogens is 2. The van der Waals surface area contributed by atoms with Gasteiger partial charge in [0.25, 0.3) is 0 Å². The first-order valence-corrected chi connectivity index (χ1v) is 7.69. The summed E-state index contributed by atoms with van der Waals surface area (Å²) in [6, 6.07) is 4.16. The summed E-state index contributed by atoms with van der Waals surface area (Å²) in [5, 5.41) is 12.4. The molecule has 0 aliphatic carbocycles. The van der Waals surface area contributed by atoms with Gasteiger partial charge in [-0.25, -0.2) is 4.79 Å².